The van der Waals surface area contributed by atoms with Gasteiger partial charge in [-0.15, -0.1) is 11.3 Å². The SMILES string of the molecule is COC(=O)C[C@H](c1nc2ccccc2s1)N(C(=O)OC(C)C)C(=O)[C@@H](N)C(C)C. The van der Waals surface area contributed by atoms with E-state index >= 15 is 0 Å². The van der Waals surface area contributed by atoms with Gasteiger partial charge in [0.2, 0.25) is 5.91 Å². The maximum absolute atomic E-state index is 13.1. The van der Waals surface area contributed by atoms with Crippen LogP contribution in [0.4, 0.5) is 4.79 Å². The monoisotopic (exact) mass is 421 g/mol. The molecule has 2 N–H and O–H groups in total. The molecule has 0 radical (unpaired) electrons. The molecule has 1 aromatic heterocycles. The second-order valence-electron chi connectivity index (χ2n) is 7.23. The minimum Gasteiger partial charge on any atom is -0.469 e. The molecule has 1 aromatic carbocycles. The van der Waals surface area contributed by atoms with E-state index in [1.807, 2.05) is 24.3 Å². The van der Waals surface area contributed by atoms with Crippen LogP contribution < -0.4 is 5.73 Å². The Morgan fingerprint density at radius 2 is 1.83 bits per heavy atom. The van der Waals surface area contributed by atoms with Gasteiger partial charge in [-0.05, 0) is 31.9 Å². The summed E-state index contributed by atoms with van der Waals surface area (Å²) in [5.41, 5.74) is 6.76. The van der Waals surface area contributed by atoms with Crippen molar-refractivity contribution in [2.45, 2.75) is 52.3 Å². The third-order valence-corrected chi connectivity index (χ3v) is 5.41. The summed E-state index contributed by atoms with van der Waals surface area (Å²) in [6.07, 6.45) is -1.57. The number of imide groups is 1. The van der Waals surface area contributed by atoms with Gasteiger partial charge in [-0.25, -0.2) is 14.7 Å². The first-order chi connectivity index (χ1) is 13.6. The molecular formula is C20H27N3O5S. The van der Waals surface area contributed by atoms with Gasteiger partial charge in [0.25, 0.3) is 0 Å². The molecule has 9 heteroatoms. The predicted octanol–water partition coefficient (Wildman–Crippen LogP) is 3.26. The highest BCUT2D eigenvalue weighted by Crippen LogP contribution is 2.33. The summed E-state index contributed by atoms with van der Waals surface area (Å²) >= 11 is 1.30. The Bertz CT molecular complexity index is 847. The molecule has 0 aliphatic heterocycles. The van der Waals surface area contributed by atoms with Crippen LogP contribution in [0.15, 0.2) is 24.3 Å². The number of thiazole rings is 1. The topological polar surface area (TPSA) is 112 Å². The van der Waals surface area contributed by atoms with Crippen LogP contribution in [0.2, 0.25) is 0 Å². The van der Waals surface area contributed by atoms with E-state index in [9.17, 15) is 14.4 Å². The lowest BCUT2D eigenvalue weighted by atomic mass is 10.0. The normalized spacial score (nSPS) is 13.4. The number of ether oxygens (including phenoxy) is 2. The minimum atomic E-state index is -0.983. The number of para-hydroxylation sites is 1. The number of methoxy groups -OCH3 is 1. The third-order valence-electron chi connectivity index (χ3n) is 4.27. The lowest BCUT2D eigenvalue weighted by molar-refractivity contribution is -0.143. The molecule has 0 saturated heterocycles. The van der Waals surface area contributed by atoms with Crippen molar-refractivity contribution in [2.24, 2.45) is 11.7 Å². The Labute approximate surface area is 174 Å². The van der Waals surface area contributed by atoms with Crippen molar-refractivity contribution < 1.29 is 23.9 Å². The van der Waals surface area contributed by atoms with Crippen LogP contribution >= 0.6 is 11.3 Å². The van der Waals surface area contributed by atoms with Gasteiger partial charge in [-0.3, -0.25) is 9.59 Å². The number of carbonyl (C=O) groups excluding carboxylic acids is 3. The first-order valence-electron chi connectivity index (χ1n) is 9.37. The second-order valence-corrected chi connectivity index (χ2v) is 8.29. The van der Waals surface area contributed by atoms with Crippen LogP contribution in [0.1, 0.15) is 45.2 Å². The Morgan fingerprint density at radius 3 is 2.38 bits per heavy atom. The largest absolute Gasteiger partial charge is 0.469 e. The van der Waals surface area contributed by atoms with E-state index in [0.717, 1.165) is 9.60 Å². The Hall–Kier alpha value is -2.52. The minimum absolute atomic E-state index is 0.217. The fourth-order valence-electron chi connectivity index (χ4n) is 2.64. The zero-order valence-corrected chi connectivity index (χ0v) is 18.1. The van der Waals surface area contributed by atoms with E-state index < -0.39 is 36.2 Å². The van der Waals surface area contributed by atoms with Crippen LogP contribution in [0, 0.1) is 5.92 Å². The van der Waals surface area contributed by atoms with Gasteiger partial charge >= 0.3 is 12.1 Å². The summed E-state index contributed by atoms with van der Waals surface area (Å²) in [4.78, 5) is 43.6. The van der Waals surface area contributed by atoms with Gasteiger partial charge in [-0.1, -0.05) is 26.0 Å². The average Bonchev–Trinajstić information content (AvgIpc) is 3.09. The molecule has 0 bridgehead atoms. The molecule has 0 unspecified atom stereocenters. The maximum Gasteiger partial charge on any atom is 0.417 e. The molecule has 2 amide bonds. The zero-order valence-electron chi connectivity index (χ0n) is 17.2. The van der Waals surface area contributed by atoms with Crippen molar-refractivity contribution in [2.75, 3.05) is 7.11 Å². The smallest absolute Gasteiger partial charge is 0.417 e. The second kappa shape index (κ2) is 9.80. The molecule has 158 valence electrons. The average molecular weight is 422 g/mol. The summed E-state index contributed by atoms with van der Waals surface area (Å²) in [7, 11) is 1.25. The van der Waals surface area contributed by atoms with E-state index in [4.69, 9.17) is 15.2 Å². The number of hydrogen-bond donors (Lipinski definition) is 1. The molecular weight excluding hydrogens is 394 g/mol. The Balaban J connectivity index is 2.56. The Kier molecular flexibility index (Phi) is 7.69. The fourth-order valence-corrected chi connectivity index (χ4v) is 3.70. The number of carbonyl (C=O) groups is 3. The maximum atomic E-state index is 13.1. The molecule has 2 aromatic rings. The van der Waals surface area contributed by atoms with Gasteiger partial charge in [0.05, 0.1) is 35.9 Å². The molecule has 2 rings (SSSR count). The van der Waals surface area contributed by atoms with Gasteiger partial charge in [0.15, 0.2) is 0 Å². The number of nitrogens with two attached hydrogens (primary N) is 1. The predicted molar refractivity (Wildman–Crippen MR) is 110 cm³/mol. The van der Waals surface area contributed by atoms with Gasteiger partial charge < -0.3 is 15.2 Å². The summed E-state index contributed by atoms with van der Waals surface area (Å²) in [5, 5.41) is 0.432. The molecule has 0 saturated carbocycles. The summed E-state index contributed by atoms with van der Waals surface area (Å²) in [6.45, 7) is 6.91. The molecule has 8 nitrogen and oxygen atoms in total. The van der Waals surface area contributed by atoms with Crippen molar-refractivity contribution in [3.8, 4) is 0 Å². The summed E-state index contributed by atoms with van der Waals surface area (Å²) in [5.74, 6) is -1.42. The van der Waals surface area contributed by atoms with Crippen molar-refractivity contribution in [3.05, 3.63) is 29.3 Å². The molecule has 0 aliphatic rings. The summed E-state index contributed by atoms with van der Waals surface area (Å²) in [6, 6.07) is 5.48. The van der Waals surface area contributed by atoms with E-state index in [0.29, 0.717) is 10.5 Å². The number of esters is 1. The number of amides is 2. The highest BCUT2D eigenvalue weighted by atomic mass is 32.1. The third kappa shape index (κ3) is 5.51. The fraction of sp³-hybridized carbons (Fsp3) is 0.500. The summed E-state index contributed by atoms with van der Waals surface area (Å²) < 4.78 is 11.0. The van der Waals surface area contributed by atoms with Crippen molar-refractivity contribution >= 4 is 39.5 Å². The van der Waals surface area contributed by atoms with Crippen LogP contribution in [0.25, 0.3) is 10.2 Å². The van der Waals surface area contributed by atoms with E-state index in [-0.39, 0.29) is 12.3 Å². The molecule has 0 spiro atoms. The lowest BCUT2D eigenvalue weighted by Gasteiger charge is -2.31. The number of rotatable bonds is 7. The van der Waals surface area contributed by atoms with Crippen molar-refractivity contribution in [3.63, 3.8) is 0 Å². The van der Waals surface area contributed by atoms with E-state index in [1.165, 1.54) is 18.4 Å². The first kappa shape index (κ1) is 22.8. The highest BCUT2D eigenvalue weighted by Gasteiger charge is 2.39. The lowest BCUT2D eigenvalue weighted by Crippen LogP contribution is -2.51. The molecule has 1 heterocycles. The van der Waals surface area contributed by atoms with Crippen molar-refractivity contribution in [1.29, 1.82) is 0 Å². The molecule has 29 heavy (non-hydrogen) atoms. The van der Waals surface area contributed by atoms with Crippen LogP contribution in [0.5, 0.6) is 0 Å². The number of nitrogens with zero attached hydrogens (tertiary/aromatic N) is 2. The van der Waals surface area contributed by atoms with Gasteiger partial charge in [-0.2, -0.15) is 0 Å². The van der Waals surface area contributed by atoms with Gasteiger partial charge in [0.1, 0.15) is 11.0 Å². The Morgan fingerprint density at radius 1 is 1.17 bits per heavy atom. The molecule has 2 atom stereocenters. The van der Waals surface area contributed by atoms with E-state index in [1.54, 1.807) is 27.7 Å². The standard InChI is InChI=1S/C20H27N3O5S/c1-11(2)17(21)19(25)23(20(26)28-12(3)4)14(10-16(24)27-5)18-22-13-8-6-7-9-15(13)29-18/h6-9,11-12,14,17H,10,21H2,1-5H3/t14-,17+/m1/s1. The highest BCUT2D eigenvalue weighted by molar-refractivity contribution is 7.18. The van der Waals surface area contributed by atoms with Crippen LogP contribution in [0.3, 0.4) is 0 Å². The number of fused-ring (bicyclic) bond motifs is 1. The molecule has 0 fully saturated rings. The quantitative estimate of drug-likeness (QED) is 0.683. The number of benzene rings is 1. The molecule has 0 aliphatic carbocycles. The van der Waals surface area contributed by atoms with Crippen molar-refractivity contribution in [1.82, 2.24) is 9.88 Å². The zero-order chi connectivity index (χ0) is 21.7. The van der Waals surface area contributed by atoms with E-state index in [2.05, 4.69) is 4.98 Å². The first-order valence-corrected chi connectivity index (χ1v) is 10.2. The van der Waals surface area contributed by atoms with Crippen LogP contribution in [-0.4, -0.2) is 47.1 Å². The van der Waals surface area contributed by atoms with Gasteiger partial charge in [0, 0.05) is 0 Å². The number of hydrogen-bond acceptors (Lipinski definition) is 8. The van der Waals surface area contributed by atoms with Crippen LogP contribution in [-0.2, 0) is 19.1 Å². The number of aromatic nitrogens is 1.